The molecule has 0 aliphatic rings. The van der Waals surface area contributed by atoms with Crippen molar-refractivity contribution >= 4 is 22.5 Å². The number of aromatic amines is 1. The van der Waals surface area contributed by atoms with E-state index in [1.165, 1.54) is 0 Å². The molecule has 4 heteroatoms. The first-order valence-electron chi connectivity index (χ1n) is 6.30. The van der Waals surface area contributed by atoms with Crippen LogP contribution in [0.5, 0.6) is 5.75 Å². The molecule has 1 aromatic heterocycles. The molecule has 20 heavy (non-hydrogen) atoms. The summed E-state index contributed by atoms with van der Waals surface area (Å²) in [5, 5.41) is 10.2. The normalized spacial score (nSPS) is 10.7. The second-order valence-corrected chi connectivity index (χ2v) is 4.63. The molecule has 0 atom stereocenters. The molecular formula is C16H14N2O2. The van der Waals surface area contributed by atoms with Crippen molar-refractivity contribution < 1.29 is 9.90 Å². The molecule has 0 saturated heterocycles. The number of amides is 1. The number of aromatic nitrogens is 1. The Morgan fingerprint density at radius 2 is 1.80 bits per heavy atom. The number of carbonyl (C=O) groups excluding carboxylic acids is 1. The van der Waals surface area contributed by atoms with Crippen molar-refractivity contribution in [1.29, 1.82) is 0 Å². The minimum atomic E-state index is -0.0897. The molecule has 0 saturated carbocycles. The maximum atomic E-state index is 12.5. The van der Waals surface area contributed by atoms with Gasteiger partial charge in [0.1, 0.15) is 5.75 Å². The average molecular weight is 266 g/mol. The SMILES string of the molecule is CN(C(=O)c1c[nH]c2ccccc12)c1ccc(O)cc1. The highest BCUT2D eigenvalue weighted by Crippen LogP contribution is 2.23. The summed E-state index contributed by atoms with van der Waals surface area (Å²) in [6.45, 7) is 0. The molecule has 0 radical (unpaired) electrons. The quantitative estimate of drug-likeness (QED) is 0.748. The number of rotatable bonds is 2. The molecule has 2 aromatic carbocycles. The summed E-state index contributed by atoms with van der Waals surface area (Å²) >= 11 is 0. The van der Waals surface area contributed by atoms with E-state index in [0.717, 1.165) is 16.6 Å². The lowest BCUT2D eigenvalue weighted by molar-refractivity contribution is 0.0994. The van der Waals surface area contributed by atoms with Gasteiger partial charge >= 0.3 is 0 Å². The summed E-state index contributed by atoms with van der Waals surface area (Å²) in [6.07, 6.45) is 1.73. The van der Waals surface area contributed by atoms with Crippen LogP contribution in [0.2, 0.25) is 0 Å². The minimum Gasteiger partial charge on any atom is -0.508 e. The van der Waals surface area contributed by atoms with Crippen molar-refractivity contribution in [2.75, 3.05) is 11.9 Å². The predicted molar refractivity (Wildman–Crippen MR) is 79.1 cm³/mol. The number of nitrogens with zero attached hydrogens (tertiary/aromatic N) is 1. The van der Waals surface area contributed by atoms with Gasteiger partial charge in [-0.15, -0.1) is 0 Å². The number of anilines is 1. The maximum absolute atomic E-state index is 12.5. The third-order valence-electron chi connectivity index (χ3n) is 3.36. The smallest absolute Gasteiger partial charge is 0.260 e. The van der Waals surface area contributed by atoms with Gasteiger partial charge in [0.25, 0.3) is 5.91 Å². The highest BCUT2D eigenvalue weighted by atomic mass is 16.3. The summed E-state index contributed by atoms with van der Waals surface area (Å²) in [4.78, 5) is 17.2. The van der Waals surface area contributed by atoms with E-state index in [1.807, 2.05) is 24.3 Å². The first-order valence-corrected chi connectivity index (χ1v) is 6.30. The number of benzene rings is 2. The predicted octanol–water partition coefficient (Wildman–Crippen LogP) is 3.15. The number of fused-ring (bicyclic) bond motifs is 1. The van der Waals surface area contributed by atoms with Crippen molar-refractivity contribution in [2.45, 2.75) is 0 Å². The van der Waals surface area contributed by atoms with Crippen LogP contribution in [0.15, 0.2) is 54.7 Å². The first-order chi connectivity index (χ1) is 9.66. The number of hydrogen-bond donors (Lipinski definition) is 2. The van der Waals surface area contributed by atoms with Crippen molar-refractivity contribution in [3.05, 3.63) is 60.3 Å². The molecule has 0 fully saturated rings. The van der Waals surface area contributed by atoms with Gasteiger partial charge in [0.15, 0.2) is 0 Å². The number of aromatic hydroxyl groups is 1. The van der Waals surface area contributed by atoms with Crippen molar-refractivity contribution in [3.8, 4) is 5.75 Å². The molecule has 0 bridgehead atoms. The molecule has 1 amide bonds. The third-order valence-corrected chi connectivity index (χ3v) is 3.36. The fourth-order valence-corrected chi connectivity index (χ4v) is 2.22. The Morgan fingerprint density at radius 3 is 2.55 bits per heavy atom. The lowest BCUT2D eigenvalue weighted by Crippen LogP contribution is -2.25. The van der Waals surface area contributed by atoms with Gasteiger partial charge in [-0.2, -0.15) is 0 Å². The second kappa shape index (κ2) is 4.74. The van der Waals surface area contributed by atoms with E-state index in [9.17, 15) is 9.90 Å². The van der Waals surface area contributed by atoms with E-state index in [1.54, 1.807) is 42.4 Å². The summed E-state index contributed by atoms with van der Waals surface area (Å²) in [6, 6.07) is 14.2. The van der Waals surface area contributed by atoms with Gasteiger partial charge in [0.2, 0.25) is 0 Å². The van der Waals surface area contributed by atoms with Crippen LogP contribution in [0.4, 0.5) is 5.69 Å². The summed E-state index contributed by atoms with van der Waals surface area (Å²) in [5.41, 5.74) is 2.31. The molecule has 3 rings (SSSR count). The highest BCUT2D eigenvalue weighted by molar-refractivity contribution is 6.13. The molecule has 2 N–H and O–H groups in total. The van der Waals surface area contributed by atoms with E-state index in [0.29, 0.717) is 5.56 Å². The Kier molecular flexibility index (Phi) is 2.91. The molecule has 3 aromatic rings. The lowest BCUT2D eigenvalue weighted by atomic mass is 10.1. The van der Waals surface area contributed by atoms with Crippen molar-refractivity contribution in [3.63, 3.8) is 0 Å². The minimum absolute atomic E-state index is 0.0897. The topological polar surface area (TPSA) is 56.3 Å². The van der Waals surface area contributed by atoms with Gasteiger partial charge in [-0.3, -0.25) is 4.79 Å². The summed E-state index contributed by atoms with van der Waals surface area (Å²) in [5.74, 6) is 0.0924. The van der Waals surface area contributed by atoms with Gasteiger partial charge in [-0.25, -0.2) is 0 Å². The molecule has 100 valence electrons. The van der Waals surface area contributed by atoms with Crippen LogP contribution in [0.25, 0.3) is 10.9 Å². The maximum Gasteiger partial charge on any atom is 0.260 e. The van der Waals surface area contributed by atoms with Crippen LogP contribution in [-0.2, 0) is 0 Å². The number of para-hydroxylation sites is 1. The number of hydrogen-bond acceptors (Lipinski definition) is 2. The molecule has 4 nitrogen and oxygen atoms in total. The Morgan fingerprint density at radius 1 is 1.10 bits per heavy atom. The van der Waals surface area contributed by atoms with Crippen LogP contribution >= 0.6 is 0 Å². The van der Waals surface area contributed by atoms with Gasteiger partial charge < -0.3 is 15.0 Å². The van der Waals surface area contributed by atoms with Gasteiger partial charge in [-0.1, -0.05) is 18.2 Å². The molecule has 0 spiro atoms. The Bertz CT molecular complexity index is 760. The van der Waals surface area contributed by atoms with E-state index in [-0.39, 0.29) is 11.7 Å². The zero-order chi connectivity index (χ0) is 14.1. The highest BCUT2D eigenvalue weighted by Gasteiger charge is 2.17. The van der Waals surface area contributed by atoms with E-state index < -0.39 is 0 Å². The zero-order valence-corrected chi connectivity index (χ0v) is 11.0. The fraction of sp³-hybridized carbons (Fsp3) is 0.0625. The van der Waals surface area contributed by atoms with Gasteiger partial charge in [-0.05, 0) is 30.3 Å². The van der Waals surface area contributed by atoms with Gasteiger partial charge in [0.05, 0.1) is 5.56 Å². The van der Waals surface area contributed by atoms with Crippen molar-refractivity contribution in [2.24, 2.45) is 0 Å². The molecule has 0 unspecified atom stereocenters. The summed E-state index contributed by atoms with van der Waals surface area (Å²) in [7, 11) is 1.72. The average Bonchev–Trinajstić information content (AvgIpc) is 2.90. The number of H-pyrrole nitrogens is 1. The van der Waals surface area contributed by atoms with Crippen LogP contribution < -0.4 is 4.90 Å². The monoisotopic (exact) mass is 266 g/mol. The Labute approximate surface area is 116 Å². The number of carbonyl (C=O) groups is 1. The molecule has 0 aliphatic heterocycles. The van der Waals surface area contributed by atoms with Crippen LogP contribution in [0.1, 0.15) is 10.4 Å². The Hall–Kier alpha value is -2.75. The second-order valence-electron chi connectivity index (χ2n) is 4.63. The molecule has 1 heterocycles. The zero-order valence-electron chi connectivity index (χ0n) is 11.0. The largest absolute Gasteiger partial charge is 0.508 e. The van der Waals surface area contributed by atoms with Gasteiger partial charge in [0, 0.05) is 29.8 Å². The van der Waals surface area contributed by atoms with Crippen molar-refractivity contribution in [1.82, 2.24) is 4.98 Å². The lowest BCUT2D eigenvalue weighted by Gasteiger charge is -2.17. The fourth-order valence-electron chi connectivity index (χ4n) is 2.22. The molecular weight excluding hydrogens is 252 g/mol. The number of phenols is 1. The molecule has 0 aliphatic carbocycles. The van der Waals surface area contributed by atoms with E-state index >= 15 is 0 Å². The third kappa shape index (κ3) is 2.01. The number of phenolic OH excluding ortho intramolecular Hbond substituents is 1. The Balaban J connectivity index is 1.97. The number of nitrogens with one attached hydrogen (secondary N) is 1. The first kappa shape index (κ1) is 12.3. The standard InChI is InChI=1S/C16H14N2O2/c1-18(11-6-8-12(19)9-7-11)16(20)14-10-17-15-5-3-2-4-13(14)15/h2-10,17,19H,1H3. The van der Waals surface area contributed by atoms with Crippen LogP contribution in [-0.4, -0.2) is 23.0 Å². The van der Waals surface area contributed by atoms with Crippen LogP contribution in [0, 0.1) is 0 Å². The van der Waals surface area contributed by atoms with E-state index in [2.05, 4.69) is 4.98 Å². The summed E-state index contributed by atoms with van der Waals surface area (Å²) < 4.78 is 0. The van der Waals surface area contributed by atoms with E-state index in [4.69, 9.17) is 0 Å². The van der Waals surface area contributed by atoms with Crippen LogP contribution in [0.3, 0.4) is 0 Å².